The lowest BCUT2D eigenvalue weighted by molar-refractivity contribution is -0.384. The minimum absolute atomic E-state index is 0.112. The molecule has 0 radical (unpaired) electrons. The summed E-state index contributed by atoms with van der Waals surface area (Å²) < 4.78 is 0. The van der Waals surface area contributed by atoms with Crippen LogP contribution in [0.5, 0.6) is 0 Å². The first-order valence-corrected chi connectivity index (χ1v) is 7.41. The number of anilines is 1. The fourth-order valence-corrected chi connectivity index (χ4v) is 2.28. The molecular formula is C18H20N2O2. The van der Waals surface area contributed by atoms with Crippen LogP contribution < -0.4 is 4.90 Å². The maximum atomic E-state index is 10.6. The Morgan fingerprint density at radius 2 is 1.36 bits per heavy atom. The zero-order valence-electron chi connectivity index (χ0n) is 12.9. The summed E-state index contributed by atoms with van der Waals surface area (Å²) in [4.78, 5) is 12.5. The second-order valence-corrected chi connectivity index (χ2v) is 4.95. The van der Waals surface area contributed by atoms with Crippen molar-refractivity contribution in [3.8, 4) is 0 Å². The van der Waals surface area contributed by atoms with E-state index in [0.29, 0.717) is 0 Å². The van der Waals surface area contributed by atoms with Crippen molar-refractivity contribution in [3.05, 3.63) is 69.8 Å². The van der Waals surface area contributed by atoms with E-state index < -0.39 is 0 Å². The van der Waals surface area contributed by atoms with Gasteiger partial charge in [0.1, 0.15) is 0 Å². The van der Waals surface area contributed by atoms with E-state index in [2.05, 4.69) is 43.0 Å². The van der Waals surface area contributed by atoms with E-state index in [1.165, 1.54) is 17.8 Å². The van der Waals surface area contributed by atoms with E-state index in [-0.39, 0.29) is 10.6 Å². The predicted molar refractivity (Wildman–Crippen MR) is 92.0 cm³/mol. The number of nitrogens with zero attached hydrogens (tertiary/aromatic N) is 2. The molecule has 0 amide bonds. The predicted octanol–water partition coefficient (Wildman–Crippen LogP) is 4.61. The van der Waals surface area contributed by atoms with Gasteiger partial charge < -0.3 is 4.90 Å². The first-order valence-electron chi connectivity index (χ1n) is 7.41. The van der Waals surface area contributed by atoms with Gasteiger partial charge >= 0.3 is 0 Å². The highest BCUT2D eigenvalue weighted by molar-refractivity contribution is 5.71. The van der Waals surface area contributed by atoms with Crippen molar-refractivity contribution in [2.24, 2.45) is 0 Å². The summed E-state index contributed by atoms with van der Waals surface area (Å²) in [5, 5.41) is 10.6. The molecular weight excluding hydrogens is 276 g/mol. The Labute approximate surface area is 130 Å². The average Bonchev–Trinajstić information content (AvgIpc) is 2.55. The molecule has 4 heteroatoms. The summed E-state index contributed by atoms with van der Waals surface area (Å²) in [5.74, 6) is 0. The second-order valence-electron chi connectivity index (χ2n) is 4.95. The number of hydrogen-bond acceptors (Lipinski definition) is 3. The van der Waals surface area contributed by atoms with Crippen molar-refractivity contribution in [2.75, 3.05) is 18.0 Å². The van der Waals surface area contributed by atoms with Crippen molar-refractivity contribution in [3.63, 3.8) is 0 Å². The van der Waals surface area contributed by atoms with Crippen LogP contribution in [0.1, 0.15) is 25.0 Å². The summed E-state index contributed by atoms with van der Waals surface area (Å²) in [7, 11) is 0. The molecule has 0 aliphatic carbocycles. The number of rotatable bonds is 6. The fraction of sp³-hybridized carbons (Fsp3) is 0.222. The third-order valence-electron chi connectivity index (χ3n) is 3.59. The number of nitro groups is 1. The maximum absolute atomic E-state index is 10.6. The molecule has 22 heavy (non-hydrogen) atoms. The highest BCUT2D eigenvalue weighted by Crippen LogP contribution is 2.17. The van der Waals surface area contributed by atoms with Crippen molar-refractivity contribution in [1.82, 2.24) is 0 Å². The lowest BCUT2D eigenvalue weighted by Crippen LogP contribution is -2.21. The highest BCUT2D eigenvalue weighted by Gasteiger charge is 2.02. The Kier molecular flexibility index (Phi) is 5.31. The van der Waals surface area contributed by atoms with Gasteiger partial charge in [0.25, 0.3) is 5.69 Å². The lowest BCUT2D eigenvalue weighted by atomic mass is 10.1. The van der Waals surface area contributed by atoms with Crippen molar-refractivity contribution >= 4 is 23.5 Å². The third-order valence-corrected chi connectivity index (χ3v) is 3.59. The average molecular weight is 296 g/mol. The van der Waals surface area contributed by atoms with Crippen LogP contribution in [0, 0.1) is 10.1 Å². The van der Waals surface area contributed by atoms with Gasteiger partial charge in [-0.3, -0.25) is 10.1 Å². The van der Waals surface area contributed by atoms with Crippen LogP contribution in [0.2, 0.25) is 0 Å². The first kappa shape index (κ1) is 15.8. The number of non-ortho nitro benzene ring substituents is 1. The van der Waals surface area contributed by atoms with E-state index in [9.17, 15) is 10.1 Å². The number of nitro benzene ring substituents is 1. The molecule has 0 spiro atoms. The van der Waals surface area contributed by atoms with Crippen LogP contribution in [0.25, 0.3) is 12.2 Å². The molecule has 114 valence electrons. The standard InChI is InChI=1S/C18H20N2O2/c1-3-19(4-2)17-11-7-15(8-12-17)5-6-16-9-13-18(14-10-16)20(21)22/h5-14H,3-4H2,1-2H3/b6-5+. The molecule has 0 bridgehead atoms. The molecule has 0 heterocycles. The van der Waals surface area contributed by atoms with Gasteiger partial charge in [0.2, 0.25) is 0 Å². The van der Waals surface area contributed by atoms with Gasteiger partial charge in [0, 0.05) is 30.9 Å². The van der Waals surface area contributed by atoms with Crippen molar-refractivity contribution in [1.29, 1.82) is 0 Å². The minimum atomic E-state index is -0.389. The molecule has 0 aromatic heterocycles. The quantitative estimate of drug-likeness (QED) is 0.444. The van der Waals surface area contributed by atoms with Crippen LogP contribution in [0.4, 0.5) is 11.4 Å². The van der Waals surface area contributed by atoms with E-state index in [1.54, 1.807) is 12.1 Å². The van der Waals surface area contributed by atoms with Crippen LogP contribution in [-0.2, 0) is 0 Å². The Hall–Kier alpha value is -2.62. The SMILES string of the molecule is CCN(CC)c1ccc(/C=C/c2ccc([N+](=O)[O-])cc2)cc1. The molecule has 2 aromatic carbocycles. The number of benzene rings is 2. The molecule has 0 aliphatic rings. The van der Waals surface area contributed by atoms with Gasteiger partial charge in [0.15, 0.2) is 0 Å². The largest absolute Gasteiger partial charge is 0.372 e. The van der Waals surface area contributed by atoms with Gasteiger partial charge in [-0.15, -0.1) is 0 Å². The molecule has 0 saturated heterocycles. The zero-order chi connectivity index (χ0) is 15.9. The molecule has 0 atom stereocenters. The van der Waals surface area contributed by atoms with Gasteiger partial charge in [-0.25, -0.2) is 0 Å². The lowest BCUT2D eigenvalue weighted by Gasteiger charge is -2.20. The smallest absolute Gasteiger partial charge is 0.269 e. The Bertz CT molecular complexity index is 642. The Balaban J connectivity index is 2.08. The Morgan fingerprint density at radius 1 is 0.909 bits per heavy atom. The summed E-state index contributed by atoms with van der Waals surface area (Å²) in [6, 6.07) is 14.9. The monoisotopic (exact) mass is 296 g/mol. The van der Waals surface area contributed by atoms with E-state index in [1.807, 2.05) is 12.2 Å². The number of hydrogen-bond donors (Lipinski definition) is 0. The van der Waals surface area contributed by atoms with E-state index >= 15 is 0 Å². The summed E-state index contributed by atoms with van der Waals surface area (Å²) in [6.45, 7) is 6.28. The molecule has 0 aliphatic heterocycles. The normalized spacial score (nSPS) is 10.8. The fourth-order valence-electron chi connectivity index (χ4n) is 2.28. The minimum Gasteiger partial charge on any atom is -0.372 e. The van der Waals surface area contributed by atoms with Crippen LogP contribution >= 0.6 is 0 Å². The van der Waals surface area contributed by atoms with Gasteiger partial charge in [-0.05, 0) is 49.2 Å². The van der Waals surface area contributed by atoms with Crippen LogP contribution in [-0.4, -0.2) is 18.0 Å². The molecule has 0 fully saturated rings. The van der Waals surface area contributed by atoms with E-state index in [4.69, 9.17) is 0 Å². The zero-order valence-corrected chi connectivity index (χ0v) is 12.9. The van der Waals surface area contributed by atoms with Crippen LogP contribution in [0.15, 0.2) is 48.5 Å². The summed E-state index contributed by atoms with van der Waals surface area (Å²) in [6.07, 6.45) is 3.96. The maximum Gasteiger partial charge on any atom is 0.269 e. The molecule has 2 aromatic rings. The second kappa shape index (κ2) is 7.41. The molecule has 2 rings (SSSR count). The van der Waals surface area contributed by atoms with Gasteiger partial charge in [0.05, 0.1) is 4.92 Å². The van der Waals surface area contributed by atoms with Crippen molar-refractivity contribution in [2.45, 2.75) is 13.8 Å². The highest BCUT2D eigenvalue weighted by atomic mass is 16.6. The topological polar surface area (TPSA) is 46.4 Å². The first-order chi connectivity index (χ1) is 10.6. The van der Waals surface area contributed by atoms with Gasteiger partial charge in [-0.1, -0.05) is 24.3 Å². The molecule has 0 unspecified atom stereocenters. The summed E-state index contributed by atoms with van der Waals surface area (Å²) >= 11 is 0. The van der Waals surface area contributed by atoms with Gasteiger partial charge in [-0.2, -0.15) is 0 Å². The Morgan fingerprint density at radius 3 is 1.77 bits per heavy atom. The molecule has 0 saturated carbocycles. The molecule has 0 N–H and O–H groups in total. The molecule has 4 nitrogen and oxygen atoms in total. The third kappa shape index (κ3) is 3.95. The summed E-state index contributed by atoms with van der Waals surface area (Å²) in [5.41, 5.74) is 3.38. The van der Waals surface area contributed by atoms with Crippen molar-refractivity contribution < 1.29 is 4.92 Å². The van der Waals surface area contributed by atoms with Crippen LogP contribution in [0.3, 0.4) is 0 Å². The van der Waals surface area contributed by atoms with E-state index in [0.717, 1.165) is 24.2 Å².